The Labute approximate surface area is 116 Å². The smallest absolute Gasteiger partial charge is 0.162 e. The van der Waals surface area contributed by atoms with Gasteiger partial charge in [-0.05, 0) is 41.5 Å². The third kappa shape index (κ3) is 1.68. The minimum atomic E-state index is -1.42. The molecule has 0 N–H and O–H groups in total. The molecule has 1 aliphatic rings. The molecule has 0 amide bonds. The molecule has 18 heavy (non-hydrogen) atoms. The zero-order valence-electron chi connectivity index (χ0n) is 9.60. The summed E-state index contributed by atoms with van der Waals surface area (Å²) in [5.74, 6) is 0.506. The molecule has 1 aliphatic carbocycles. The summed E-state index contributed by atoms with van der Waals surface area (Å²) in [6.07, 6.45) is 3.25. The van der Waals surface area contributed by atoms with Crippen molar-refractivity contribution in [1.29, 1.82) is 0 Å². The van der Waals surface area contributed by atoms with Gasteiger partial charge in [0.25, 0.3) is 0 Å². The lowest BCUT2D eigenvalue weighted by Crippen LogP contribution is -2.06. The number of hydrogen-bond donors (Lipinski definition) is 0. The second-order valence-corrected chi connectivity index (χ2v) is 5.48. The molecule has 0 unspecified atom stereocenters. The molecule has 2 aromatic heterocycles. The maximum atomic E-state index is 14.1. The summed E-state index contributed by atoms with van der Waals surface area (Å²) in [6, 6.07) is 1.81. The molecule has 0 saturated heterocycles. The van der Waals surface area contributed by atoms with Gasteiger partial charge in [0.05, 0.1) is 5.56 Å². The Bertz CT molecular complexity index is 629. The Morgan fingerprint density at radius 2 is 2.22 bits per heavy atom. The molecule has 2 heterocycles. The monoisotopic (exact) mass is 360 g/mol. The number of aromatic nitrogens is 4. The fraction of sp³-hybridized carbons (Fsp3) is 0.364. The van der Waals surface area contributed by atoms with Gasteiger partial charge in [-0.2, -0.15) is 10.2 Å². The van der Waals surface area contributed by atoms with Crippen molar-refractivity contribution in [2.24, 2.45) is 7.05 Å². The van der Waals surface area contributed by atoms with E-state index in [0.717, 1.165) is 3.70 Å². The van der Waals surface area contributed by atoms with Crippen LogP contribution in [0.25, 0.3) is 5.82 Å². The Kier molecular flexibility index (Phi) is 2.54. The van der Waals surface area contributed by atoms with Crippen LogP contribution in [0, 0.1) is 3.70 Å². The molecular weight excluding hydrogens is 350 g/mol. The van der Waals surface area contributed by atoms with E-state index in [-0.39, 0.29) is 11.3 Å². The van der Waals surface area contributed by atoms with Crippen LogP contribution in [0.1, 0.15) is 28.9 Å². The largest absolute Gasteiger partial charge is 0.298 e. The molecule has 5 nitrogen and oxygen atoms in total. The molecule has 0 radical (unpaired) electrons. The number of aldehydes is 1. The lowest BCUT2D eigenvalue weighted by Gasteiger charge is -2.02. The van der Waals surface area contributed by atoms with E-state index in [2.05, 4.69) is 32.8 Å². The molecule has 3 rings (SSSR count). The fourth-order valence-corrected chi connectivity index (χ4v) is 2.40. The van der Waals surface area contributed by atoms with E-state index in [1.807, 2.05) is 6.07 Å². The van der Waals surface area contributed by atoms with Gasteiger partial charge in [-0.3, -0.25) is 4.79 Å². The van der Waals surface area contributed by atoms with Gasteiger partial charge < -0.3 is 0 Å². The third-order valence-electron chi connectivity index (χ3n) is 3.06. The Morgan fingerprint density at radius 3 is 2.72 bits per heavy atom. The van der Waals surface area contributed by atoms with Gasteiger partial charge in [0.1, 0.15) is 9.39 Å². The summed E-state index contributed by atoms with van der Waals surface area (Å²) >= 11 is 2.07. The highest BCUT2D eigenvalue weighted by molar-refractivity contribution is 14.1. The third-order valence-corrected chi connectivity index (χ3v) is 3.63. The first-order valence-electron chi connectivity index (χ1n) is 5.48. The maximum absolute atomic E-state index is 14.1. The maximum Gasteiger partial charge on any atom is 0.162 e. The number of carbonyl (C=O) groups is 1. The average Bonchev–Trinajstić information content (AvgIpc) is 2.79. The van der Waals surface area contributed by atoms with Gasteiger partial charge >= 0.3 is 0 Å². The van der Waals surface area contributed by atoms with Crippen LogP contribution in [-0.2, 0) is 12.7 Å². The summed E-state index contributed by atoms with van der Waals surface area (Å²) in [6.45, 7) is 0. The molecule has 1 saturated carbocycles. The van der Waals surface area contributed by atoms with Gasteiger partial charge in [-0.1, -0.05) is 0 Å². The predicted octanol–water partition coefficient (Wildman–Crippen LogP) is 1.98. The molecule has 0 spiro atoms. The first-order chi connectivity index (χ1) is 8.55. The van der Waals surface area contributed by atoms with Crippen LogP contribution >= 0.6 is 22.6 Å². The zero-order valence-corrected chi connectivity index (χ0v) is 11.8. The van der Waals surface area contributed by atoms with Crippen molar-refractivity contribution in [1.82, 2.24) is 19.6 Å². The van der Waals surface area contributed by atoms with E-state index >= 15 is 0 Å². The minimum Gasteiger partial charge on any atom is -0.298 e. The van der Waals surface area contributed by atoms with Crippen molar-refractivity contribution in [2.75, 3.05) is 0 Å². The minimum absolute atomic E-state index is 0.237. The standard InChI is InChI=1S/C11H10FIN4O/c1-16-10(17-5-2-8(13)14-17)7(6-18)9(15-16)11(12)3-4-11/h2,5-6H,3-4H2,1H3. The number of halogens is 2. The van der Waals surface area contributed by atoms with E-state index in [1.54, 1.807) is 17.9 Å². The number of hydrogen-bond acceptors (Lipinski definition) is 3. The molecule has 1 fully saturated rings. The lowest BCUT2D eigenvalue weighted by molar-refractivity contribution is 0.111. The summed E-state index contributed by atoms with van der Waals surface area (Å²) in [7, 11) is 1.69. The van der Waals surface area contributed by atoms with Gasteiger partial charge in [-0.15, -0.1) is 0 Å². The van der Waals surface area contributed by atoms with Gasteiger partial charge in [0.15, 0.2) is 17.8 Å². The number of aryl methyl sites for hydroxylation is 1. The van der Waals surface area contributed by atoms with Crippen molar-refractivity contribution in [3.05, 3.63) is 27.2 Å². The summed E-state index contributed by atoms with van der Waals surface area (Å²) in [4.78, 5) is 11.3. The second kappa shape index (κ2) is 3.87. The van der Waals surface area contributed by atoms with Gasteiger partial charge in [-0.25, -0.2) is 13.8 Å². The highest BCUT2D eigenvalue weighted by Gasteiger charge is 2.49. The molecule has 94 valence electrons. The number of alkyl halides is 1. The molecule has 0 aliphatic heterocycles. The zero-order chi connectivity index (χ0) is 12.9. The molecule has 0 bridgehead atoms. The summed E-state index contributed by atoms with van der Waals surface area (Å²) in [5.41, 5.74) is -0.899. The molecular formula is C11H10FIN4O. The second-order valence-electron chi connectivity index (χ2n) is 4.38. The number of carbonyl (C=O) groups excluding carboxylic acids is 1. The molecule has 0 aromatic carbocycles. The predicted molar refractivity (Wildman–Crippen MR) is 70.5 cm³/mol. The first kappa shape index (κ1) is 11.8. The Balaban J connectivity index is 2.20. The van der Waals surface area contributed by atoms with Crippen LogP contribution < -0.4 is 0 Å². The topological polar surface area (TPSA) is 52.7 Å². The highest BCUT2D eigenvalue weighted by Crippen LogP contribution is 2.50. The van der Waals surface area contributed by atoms with Crippen LogP contribution in [0.5, 0.6) is 0 Å². The van der Waals surface area contributed by atoms with Crippen LogP contribution in [0.3, 0.4) is 0 Å². The molecule has 0 atom stereocenters. The van der Waals surface area contributed by atoms with E-state index < -0.39 is 5.67 Å². The van der Waals surface area contributed by atoms with Gasteiger partial charge in [0, 0.05) is 13.2 Å². The average molecular weight is 360 g/mol. The highest BCUT2D eigenvalue weighted by atomic mass is 127. The number of rotatable bonds is 3. The SMILES string of the molecule is Cn1nc(C2(F)CC2)c(C=O)c1-n1ccc(I)n1. The summed E-state index contributed by atoms with van der Waals surface area (Å²) < 4.78 is 18.0. The molecule has 2 aromatic rings. The van der Waals surface area contributed by atoms with E-state index in [9.17, 15) is 9.18 Å². The van der Waals surface area contributed by atoms with E-state index in [0.29, 0.717) is 24.9 Å². The van der Waals surface area contributed by atoms with Crippen molar-refractivity contribution in [3.63, 3.8) is 0 Å². The van der Waals surface area contributed by atoms with Crippen LogP contribution in [-0.4, -0.2) is 25.8 Å². The molecule has 7 heteroatoms. The van der Waals surface area contributed by atoms with Crippen LogP contribution in [0.15, 0.2) is 12.3 Å². The lowest BCUT2D eigenvalue weighted by atomic mass is 10.1. The van der Waals surface area contributed by atoms with Crippen molar-refractivity contribution >= 4 is 28.9 Å². The van der Waals surface area contributed by atoms with E-state index in [1.165, 1.54) is 4.68 Å². The normalized spacial score (nSPS) is 16.8. The first-order valence-corrected chi connectivity index (χ1v) is 6.56. The number of nitrogens with zero attached hydrogens (tertiary/aromatic N) is 4. The van der Waals surface area contributed by atoms with Gasteiger partial charge in [0.2, 0.25) is 0 Å². The van der Waals surface area contributed by atoms with Crippen molar-refractivity contribution in [2.45, 2.75) is 18.5 Å². The van der Waals surface area contributed by atoms with Crippen LogP contribution in [0.2, 0.25) is 0 Å². The summed E-state index contributed by atoms with van der Waals surface area (Å²) in [5, 5.41) is 8.38. The van der Waals surface area contributed by atoms with E-state index in [4.69, 9.17) is 0 Å². The Hall–Kier alpha value is -1.25. The van der Waals surface area contributed by atoms with Crippen LogP contribution in [0.4, 0.5) is 4.39 Å². The Morgan fingerprint density at radius 1 is 1.50 bits per heavy atom. The van der Waals surface area contributed by atoms with Crippen molar-refractivity contribution < 1.29 is 9.18 Å². The van der Waals surface area contributed by atoms with Crippen molar-refractivity contribution in [3.8, 4) is 5.82 Å². The fourth-order valence-electron chi connectivity index (χ4n) is 2.01. The quantitative estimate of drug-likeness (QED) is 0.622.